The number of ether oxygens (including phenoxy) is 1. The van der Waals surface area contributed by atoms with E-state index in [2.05, 4.69) is 10.6 Å². The van der Waals surface area contributed by atoms with Crippen molar-refractivity contribution < 1.29 is 29.0 Å². The van der Waals surface area contributed by atoms with Crippen LogP contribution in [-0.4, -0.2) is 65.5 Å². The van der Waals surface area contributed by atoms with E-state index in [1.807, 2.05) is 0 Å². The molecule has 2 aliphatic heterocycles. The Morgan fingerprint density at radius 3 is 2.80 bits per heavy atom. The fraction of sp³-hybridized carbons (Fsp3) is 0.375. The van der Waals surface area contributed by atoms with E-state index in [0.717, 1.165) is 0 Å². The number of nitrogens with zero attached hydrogens (tertiary/aromatic N) is 1. The van der Waals surface area contributed by atoms with Gasteiger partial charge in [-0.3, -0.25) is 14.4 Å². The van der Waals surface area contributed by atoms with Crippen molar-refractivity contribution in [1.82, 2.24) is 10.2 Å². The zero-order chi connectivity index (χ0) is 18.0. The van der Waals surface area contributed by atoms with E-state index in [4.69, 9.17) is 9.84 Å². The van der Waals surface area contributed by atoms with Crippen LogP contribution in [0.15, 0.2) is 24.3 Å². The number of amides is 3. The zero-order valence-electron chi connectivity index (χ0n) is 13.2. The molecule has 2 unspecified atom stereocenters. The molecular weight excluding hydrogens is 330 g/mol. The molecule has 0 bridgehead atoms. The number of fused-ring (bicyclic) bond motifs is 2. The molecule has 3 amide bonds. The average Bonchev–Trinajstić information content (AvgIpc) is 2.93. The van der Waals surface area contributed by atoms with Gasteiger partial charge in [-0.25, -0.2) is 4.79 Å². The van der Waals surface area contributed by atoms with Crippen LogP contribution in [0.25, 0.3) is 0 Å². The second-order valence-corrected chi connectivity index (χ2v) is 5.83. The molecule has 1 saturated heterocycles. The molecule has 0 spiro atoms. The van der Waals surface area contributed by atoms with Crippen LogP contribution in [0.4, 0.5) is 5.69 Å². The van der Waals surface area contributed by atoms with E-state index in [1.54, 1.807) is 24.3 Å². The first kappa shape index (κ1) is 16.9. The van der Waals surface area contributed by atoms with E-state index in [9.17, 15) is 19.2 Å². The number of carbonyl (C=O) groups excluding carboxylic acids is 3. The van der Waals surface area contributed by atoms with Gasteiger partial charge in [0, 0.05) is 6.54 Å². The summed E-state index contributed by atoms with van der Waals surface area (Å²) in [6.45, 7) is -0.667. The summed E-state index contributed by atoms with van der Waals surface area (Å²) in [5.41, 5.74) is 0.858. The number of hydrogen-bond acceptors (Lipinski definition) is 5. The molecule has 0 saturated carbocycles. The minimum absolute atomic E-state index is 0.266. The molecule has 1 fully saturated rings. The van der Waals surface area contributed by atoms with Crippen molar-refractivity contribution >= 4 is 29.4 Å². The molecule has 3 N–H and O–H groups in total. The Labute approximate surface area is 142 Å². The molecule has 9 heteroatoms. The summed E-state index contributed by atoms with van der Waals surface area (Å²) in [5, 5.41) is 13.9. The van der Waals surface area contributed by atoms with E-state index >= 15 is 0 Å². The smallest absolute Gasteiger partial charge is 0.329 e. The summed E-state index contributed by atoms with van der Waals surface area (Å²) in [6.07, 6.45) is 0.427. The van der Waals surface area contributed by atoms with Gasteiger partial charge in [0.05, 0.1) is 17.3 Å². The number of anilines is 1. The van der Waals surface area contributed by atoms with Crippen molar-refractivity contribution in [3.8, 4) is 0 Å². The first-order valence-corrected chi connectivity index (χ1v) is 7.77. The third-order valence-corrected chi connectivity index (χ3v) is 4.15. The number of carboxylic acid groups (broad SMARTS) is 1. The van der Waals surface area contributed by atoms with Crippen molar-refractivity contribution in [2.75, 3.05) is 25.1 Å². The predicted molar refractivity (Wildman–Crippen MR) is 84.9 cm³/mol. The lowest BCUT2D eigenvalue weighted by Crippen LogP contribution is -2.52. The standard InChI is InChI=1S/C16H17N3O6/c20-12(7-25-8-13(21)22)17-11-5-6-19-14(11)15(23)18-10-4-2-1-3-9(10)16(19)24/h1-4,11,14H,5-8H2,(H,17,20)(H,18,23)(H,21,22). The Morgan fingerprint density at radius 1 is 1.28 bits per heavy atom. The minimum atomic E-state index is -1.17. The lowest BCUT2D eigenvalue weighted by molar-refractivity contribution is -0.143. The fourth-order valence-electron chi connectivity index (χ4n) is 3.12. The van der Waals surface area contributed by atoms with Gasteiger partial charge in [-0.2, -0.15) is 0 Å². The molecule has 3 rings (SSSR count). The number of hydrogen-bond donors (Lipinski definition) is 3. The second kappa shape index (κ2) is 6.89. The molecule has 2 atom stereocenters. The van der Waals surface area contributed by atoms with Gasteiger partial charge in [-0.15, -0.1) is 0 Å². The molecule has 25 heavy (non-hydrogen) atoms. The van der Waals surface area contributed by atoms with Gasteiger partial charge in [-0.05, 0) is 18.6 Å². The maximum atomic E-state index is 12.7. The van der Waals surface area contributed by atoms with Crippen molar-refractivity contribution in [2.24, 2.45) is 0 Å². The lowest BCUT2D eigenvalue weighted by Gasteiger charge is -2.24. The quantitative estimate of drug-likeness (QED) is 0.656. The van der Waals surface area contributed by atoms with Crippen molar-refractivity contribution in [1.29, 1.82) is 0 Å². The largest absolute Gasteiger partial charge is 0.480 e. The van der Waals surface area contributed by atoms with Crippen LogP contribution in [-0.2, 0) is 19.1 Å². The average molecular weight is 347 g/mol. The molecule has 132 valence electrons. The molecule has 0 aromatic heterocycles. The van der Waals surface area contributed by atoms with Crippen molar-refractivity contribution in [2.45, 2.75) is 18.5 Å². The lowest BCUT2D eigenvalue weighted by atomic mass is 10.1. The number of rotatable bonds is 5. The Kier molecular flexibility index (Phi) is 4.66. The Morgan fingerprint density at radius 2 is 2.04 bits per heavy atom. The van der Waals surface area contributed by atoms with Gasteiger partial charge in [-0.1, -0.05) is 12.1 Å². The number of carbonyl (C=O) groups is 4. The van der Waals surface area contributed by atoms with Gasteiger partial charge in [0.15, 0.2) is 0 Å². The van der Waals surface area contributed by atoms with Crippen LogP contribution < -0.4 is 10.6 Å². The molecular formula is C16H17N3O6. The van der Waals surface area contributed by atoms with E-state index in [1.165, 1.54) is 4.90 Å². The molecule has 0 aliphatic carbocycles. The first-order valence-electron chi connectivity index (χ1n) is 7.77. The maximum absolute atomic E-state index is 12.7. The third kappa shape index (κ3) is 3.45. The highest BCUT2D eigenvalue weighted by molar-refractivity contribution is 6.10. The topological polar surface area (TPSA) is 125 Å². The minimum Gasteiger partial charge on any atom is -0.480 e. The van der Waals surface area contributed by atoms with Gasteiger partial charge in [0.2, 0.25) is 11.8 Å². The van der Waals surface area contributed by atoms with Crippen LogP contribution in [0.5, 0.6) is 0 Å². The van der Waals surface area contributed by atoms with Crippen LogP contribution in [0.1, 0.15) is 16.8 Å². The third-order valence-electron chi connectivity index (χ3n) is 4.15. The van der Waals surface area contributed by atoms with Gasteiger partial charge >= 0.3 is 5.97 Å². The van der Waals surface area contributed by atoms with Crippen LogP contribution in [0.2, 0.25) is 0 Å². The zero-order valence-corrected chi connectivity index (χ0v) is 13.2. The molecule has 1 aromatic rings. The predicted octanol–water partition coefficient (Wildman–Crippen LogP) is -0.561. The SMILES string of the molecule is O=C(O)COCC(=O)NC1CCN2C(=O)c3ccccc3NC(=O)C12. The second-order valence-electron chi connectivity index (χ2n) is 5.83. The van der Waals surface area contributed by atoms with Crippen molar-refractivity contribution in [3.63, 3.8) is 0 Å². The normalized spacial score (nSPS) is 21.8. The van der Waals surface area contributed by atoms with Crippen LogP contribution in [0, 0.1) is 0 Å². The summed E-state index contributed by atoms with van der Waals surface area (Å²) >= 11 is 0. The van der Waals surface area contributed by atoms with Crippen molar-refractivity contribution in [3.05, 3.63) is 29.8 Å². The van der Waals surface area contributed by atoms with E-state index in [0.29, 0.717) is 24.2 Å². The maximum Gasteiger partial charge on any atom is 0.329 e. The monoisotopic (exact) mass is 347 g/mol. The van der Waals surface area contributed by atoms with E-state index in [-0.39, 0.29) is 11.8 Å². The first-order chi connectivity index (χ1) is 12.0. The highest BCUT2D eigenvalue weighted by atomic mass is 16.5. The fourth-order valence-corrected chi connectivity index (χ4v) is 3.12. The van der Waals surface area contributed by atoms with E-state index < -0.39 is 37.2 Å². The molecule has 1 aromatic carbocycles. The summed E-state index contributed by atoms with van der Waals surface area (Å²) in [7, 11) is 0. The number of nitrogens with one attached hydrogen (secondary N) is 2. The highest BCUT2D eigenvalue weighted by Crippen LogP contribution is 2.28. The van der Waals surface area contributed by atoms with Crippen LogP contribution in [0.3, 0.4) is 0 Å². The number of para-hydroxylation sites is 1. The number of aliphatic carboxylic acids is 1. The molecule has 2 heterocycles. The molecule has 9 nitrogen and oxygen atoms in total. The van der Waals surface area contributed by atoms with Crippen LogP contribution >= 0.6 is 0 Å². The Hall–Kier alpha value is -2.94. The summed E-state index contributed by atoms with van der Waals surface area (Å²) in [6, 6.07) is 5.37. The number of carboxylic acids is 1. The highest BCUT2D eigenvalue weighted by Gasteiger charge is 2.45. The Bertz CT molecular complexity index is 734. The van der Waals surface area contributed by atoms with Gasteiger partial charge in [0.1, 0.15) is 19.3 Å². The Balaban J connectivity index is 1.70. The summed E-state index contributed by atoms with van der Waals surface area (Å²) in [5.74, 6) is -2.34. The van der Waals surface area contributed by atoms with Gasteiger partial charge < -0.3 is 25.4 Å². The van der Waals surface area contributed by atoms with Gasteiger partial charge in [0.25, 0.3) is 5.91 Å². The molecule has 2 aliphatic rings. The summed E-state index contributed by atoms with van der Waals surface area (Å²) in [4.78, 5) is 48.9. The molecule has 0 radical (unpaired) electrons. The summed E-state index contributed by atoms with van der Waals surface area (Å²) < 4.78 is 4.73. The number of benzene rings is 1.